The van der Waals surface area contributed by atoms with Gasteiger partial charge in [-0.3, -0.25) is 0 Å². The summed E-state index contributed by atoms with van der Waals surface area (Å²) >= 11 is 0. The van der Waals surface area contributed by atoms with E-state index in [1.165, 1.54) is 12.8 Å². The molecule has 1 rings (SSSR count). The number of carbonyl (C=O) groups is 1. The van der Waals surface area contributed by atoms with Crippen molar-refractivity contribution >= 4 is 11.7 Å². The van der Waals surface area contributed by atoms with Gasteiger partial charge in [0.1, 0.15) is 0 Å². The van der Waals surface area contributed by atoms with Crippen molar-refractivity contribution in [2.24, 2.45) is 0 Å². The number of hydrogen-bond donors (Lipinski definition) is 1. The van der Waals surface area contributed by atoms with Gasteiger partial charge in [0, 0.05) is 11.7 Å². The van der Waals surface area contributed by atoms with Crippen LogP contribution in [0.15, 0.2) is 24.3 Å². The van der Waals surface area contributed by atoms with Crippen LogP contribution in [0.25, 0.3) is 0 Å². The first-order valence-electron chi connectivity index (χ1n) is 6.71. The van der Waals surface area contributed by atoms with E-state index in [-0.39, 0.29) is 5.97 Å². The molecule has 0 bridgehead atoms. The molecule has 1 aromatic rings. The third kappa shape index (κ3) is 4.40. The molecule has 0 radical (unpaired) electrons. The summed E-state index contributed by atoms with van der Waals surface area (Å²) in [7, 11) is 0. The highest BCUT2D eigenvalue weighted by Gasteiger charge is 2.12. The molecule has 100 valence electrons. The monoisotopic (exact) mass is 249 g/mol. The first kappa shape index (κ1) is 14.6. The van der Waals surface area contributed by atoms with Crippen LogP contribution in [0.5, 0.6) is 0 Å². The number of ether oxygens (including phenoxy) is 1. The lowest BCUT2D eigenvalue weighted by Crippen LogP contribution is -2.18. The lowest BCUT2D eigenvalue weighted by atomic mass is 10.1. The Hall–Kier alpha value is -1.51. The summed E-state index contributed by atoms with van der Waals surface area (Å²) in [5.74, 6) is -0.261. The van der Waals surface area contributed by atoms with Crippen LogP contribution in [0.3, 0.4) is 0 Å². The fraction of sp³-hybridized carbons (Fsp3) is 0.533. The molecule has 0 spiro atoms. The van der Waals surface area contributed by atoms with Gasteiger partial charge in [0.2, 0.25) is 0 Å². The number of para-hydroxylation sites is 1. The maximum Gasteiger partial charge on any atom is 0.340 e. The number of nitrogens with one attached hydrogen (secondary N) is 1. The molecule has 3 nitrogen and oxygen atoms in total. The smallest absolute Gasteiger partial charge is 0.340 e. The molecule has 0 aromatic heterocycles. The van der Waals surface area contributed by atoms with Gasteiger partial charge in [-0.1, -0.05) is 31.9 Å². The molecule has 0 aliphatic rings. The number of hydrogen-bond acceptors (Lipinski definition) is 3. The maximum atomic E-state index is 11.8. The molecular formula is C15H23NO2. The second kappa shape index (κ2) is 7.75. The normalized spacial score (nSPS) is 11.9. The van der Waals surface area contributed by atoms with E-state index in [0.717, 1.165) is 12.1 Å². The Morgan fingerprint density at radius 3 is 2.72 bits per heavy atom. The van der Waals surface area contributed by atoms with Crippen LogP contribution in [0.4, 0.5) is 5.69 Å². The molecule has 18 heavy (non-hydrogen) atoms. The van der Waals surface area contributed by atoms with Crippen molar-refractivity contribution in [3.8, 4) is 0 Å². The molecule has 0 aliphatic carbocycles. The molecular weight excluding hydrogens is 226 g/mol. The van der Waals surface area contributed by atoms with E-state index < -0.39 is 0 Å². The van der Waals surface area contributed by atoms with E-state index in [4.69, 9.17) is 4.74 Å². The molecule has 1 atom stereocenters. The van der Waals surface area contributed by atoms with Gasteiger partial charge in [0.15, 0.2) is 0 Å². The summed E-state index contributed by atoms with van der Waals surface area (Å²) in [5.41, 5.74) is 1.47. The number of anilines is 1. The van der Waals surface area contributed by atoms with E-state index in [0.29, 0.717) is 18.2 Å². The second-order valence-corrected chi connectivity index (χ2v) is 4.45. The largest absolute Gasteiger partial charge is 0.462 e. The fourth-order valence-electron chi connectivity index (χ4n) is 1.84. The predicted molar refractivity (Wildman–Crippen MR) is 75.0 cm³/mol. The Kier molecular flexibility index (Phi) is 6.26. The lowest BCUT2D eigenvalue weighted by Gasteiger charge is -2.17. The van der Waals surface area contributed by atoms with Crippen molar-refractivity contribution < 1.29 is 9.53 Å². The Balaban J connectivity index is 2.72. The molecule has 3 heteroatoms. The van der Waals surface area contributed by atoms with E-state index in [1.807, 2.05) is 25.1 Å². The third-order valence-electron chi connectivity index (χ3n) is 2.82. The quantitative estimate of drug-likeness (QED) is 0.746. The first-order valence-corrected chi connectivity index (χ1v) is 6.71. The van der Waals surface area contributed by atoms with Crippen LogP contribution in [0.2, 0.25) is 0 Å². The van der Waals surface area contributed by atoms with Crippen LogP contribution in [0.1, 0.15) is 50.4 Å². The summed E-state index contributed by atoms with van der Waals surface area (Å²) in [6.07, 6.45) is 3.48. The number of carbonyl (C=O) groups excluding carboxylic acids is 1. The first-order chi connectivity index (χ1) is 8.69. The minimum Gasteiger partial charge on any atom is -0.462 e. The molecule has 1 aromatic carbocycles. The van der Waals surface area contributed by atoms with Gasteiger partial charge in [0.25, 0.3) is 0 Å². The Bertz CT molecular complexity index is 377. The molecule has 0 saturated carbocycles. The average Bonchev–Trinajstić information content (AvgIpc) is 2.37. The van der Waals surface area contributed by atoms with Crippen molar-refractivity contribution in [2.75, 3.05) is 11.9 Å². The van der Waals surface area contributed by atoms with Crippen LogP contribution < -0.4 is 5.32 Å². The van der Waals surface area contributed by atoms with Crippen LogP contribution in [-0.4, -0.2) is 18.6 Å². The van der Waals surface area contributed by atoms with Crippen molar-refractivity contribution in [2.45, 2.75) is 46.1 Å². The van der Waals surface area contributed by atoms with Crippen molar-refractivity contribution in [3.05, 3.63) is 29.8 Å². The van der Waals surface area contributed by atoms with Gasteiger partial charge >= 0.3 is 5.97 Å². The Labute approximate surface area is 110 Å². The number of unbranched alkanes of at least 4 members (excludes halogenated alkanes) is 1. The van der Waals surface area contributed by atoms with E-state index >= 15 is 0 Å². The zero-order valence-electron chi connectivity index (χ0n) is 11.5. The molecule has 0 aliphatic heterocycles. The molecule has 0 heterocycles. The Morgan fingerprint density at radius 1 is 1.33 bits per heavy atom. The highest BCUT2D eigenvalue weighted by atomic mass is 16.5. The number of rotatable bonds is 7. The standard InChI is InChI=1S/C15H23NO2/c1-4-6-9-12(3)16-14-11-8-7-10-13(14)15(17)18-5-2/h7-8,10-12,16H,4-6,9H2,1-3H3. The maximum absolute atomic E-state index is 11.8. The van der Waals surface area contributed by atoms with E-state index in [2.05, 4.69) is 19.2 Å². The minimum absolute atomic E-state index is 0.261. The molecule has 1 unspecified atom stereocenters. The Morgan fingerprint density at radius 2 is 2.06 bits per heavy atom. The van der Waals surface area contributed by atoms with Gasteiger partial charge in [0.05, 0.1) is 12.2 Å². The summed E-state index contributed by atoms with van der Waals surface area (Å²) in [6, 6.07) is 7.87. The highest BCUT2D eigenvalue weighted by Crippen LogP contribution is 2.18. The molecule has 1 N–H and O–H groups in total. The fourth-order valence-corrected chi connectivity index (χ4v) is 1.84. The van der Waals surface area contributed by atoms with Gasteiger partial charge in [-0.2, -0.15) is 0 Å². The average molecular weight is 249 g/mol. The van der Waals surface area contributed by atoms with Crippen molar-refractivity contribution in [1.82, 2.24) is 0 Å². The number of esters is 1. The zero-order valence-corrected chi connectivity index (χ0v) is 11.5. The van der Waals surface area contributed by atoms with Crippen LogP contribution in [-0.2, 0) is 4.74 Å². The van der Waals surface area contributed by atoms with Crippen LogP contribution >= 0.6 is 0 Å². The van der Waals surface area contributed by atoms with Gasteiger partial charge in [-0.25, -0.2) is 4.79 Å². The van der Waals surface area contributed by atoms with E-state index in [1.54, 1.807) is 6.07 Å². The molecule has 0 amide bonds. The van der Waals surface area contributed by atoms with Crippen LogP contribution in [0, 0.1) is 0 Å². The minimum atomic E-state index is -0.261. The highest BCUT2D eigenvalue weighted by molar-refractivity contribution is 5.95. The van der Waals surface area contributed by atoms with Gasteiger partial charge in [-0.05, 0) is 32.4 Å². The molecule has 0 saturated heterocycles. The topological polar surface area (TPSA) is 38.3 Å². The van der Waals surface area contributed by atoms with Gasteiger partial charge in [-0.15, -0.1) is 0 Å². The van der Waals surface area contributed by atoms with Crippen molar-refractivity contribution in [3.63, 3.8) is 0 Å². The molecule has 0 fully saturated rings. The van der Waals surface area contributed by atoms with E-state index in [9.17, 15) is 4.79 Å². The predicted octanol–water partition coefficient (Wildman–Crippen LogP) is 3.85. The summed E-state index contributed by atoms with van der Waals surface area (Å²) < 4.78 is 5.05. The number of benzene rings is 1. The second-order valence-electron chi connectivity index (χ2n) is 4.45. The van der Waals surface area contributed by atoms with Crippen molar-refractivity contribution in [1.29, 1.82) is 0 Å². The summed E-state index contributed by atoms with van der Waals surface area (Å²) in [4.78, 5) is 11.8. The zero-order chi connectivity index (χ0) is 13.4. The SMILES string of the molecule is CCCCC(C)Nc1ccccc1C(=O)OCC. The third-order valence-corrected chi connectivity index (χ3v) is 2.82. The van der Waals surface area contributed by atoms with Gasteiger partial charge < -0.3 is 10.1 Å². The lowest BCUT2D eigenvalue weighted by molar-refractivity contribution is 0.0527. The summed E-state index contributed by atoms with van der Waals surface area (Å²) in [5, 5.41) is 3.38. The summed E-state index contributed by atoms with van der Waals surface area (Å²) in [6.45, 7) is 6.53.